The smallest absolute Gasteiger partial charge is 0.249 e. The molecule has 0 radical (unpaired) electrons. The second-order valence-electron chi connectivity index (χ2n) is 5.25. The van der Waals surface area contributed by atoms with Gasteiger partial charge in [0.2, 0.25) is 5.91 Å². The molecule has 2 rings (SSSR count). The number of carbonyl (C=O) groups is 1. The van der Waals surface area contributed by atoms with Gasteiger partial charge in [-0.15, -0.1) is 0 Å². The highest BCUT2D eigenvalue weighted by Gasteiger charge is 2.25. The Kier molecular flexibility index (Phi) is 3.99. The molecule has 0 bridgehead atoms. The van der Waals surface area contributed by atoms with E-state index in [-0.39, 0.29) is 11.3 Å². The average Bonchev–Trinajstić information content (AvgIpc) is 2.95. The maximum absolute atomic E-state index is 11.6. The molecule has 2 aromatic rings. The van der Waals surface area contributed by atoms with E-state index < -0.39 is 0 Å². The van der Waals surface area contributed by atoms with Crippen molar-refractivity contribution >= 4 is 22.4 Å². The fourth-order valence-corrected chi connectivity index (χ4v) is 2.73. The van der Waals surface area contributed by atoms with Crippen molar-refractivity contribution < 1.29 is 4.79 Å². The van der Waals surface area contributed by atoms with Gasteiger partial charge < -0.3 is 0 Å². The Morgan fingerprint density at radius 3 is 2.75 bits per heavy atom. The molecule has 6 nitrogen and oxygen atoms in total. The second-order valence-corrected chi connectivity index (χ2v) is 6.23. The molecule has 0 aliphatic heterocycles. The SMILES string of the molecule is C/C=C/C(=O)Nc1nc(C(C)(C)C)c(-n2cncn2)s1. The van der Waals surface area contributed by atoms with E-state index in [2.05, 4.69) is 41.2 Å². The predicted octanol–water partition coefficient (Wildman–Crippen LogP) is 2.54. The van der Waals surface area contributed by atoms with Crippen LogP contribution in [-0.2, 0) is 10.2 Å². The lowest BCUT2D eigenvalue weighted by atomic mass is 9.92. The Balaban J connectivity index is 2.40. The standard InChI is InChI=1S/C13H17N5OS/c1-5-6-9(19)16-12-17-10(13(2,3)4)11(20-12)18-8-14-7-15-18/h5-8H,1-4H3,(H,16,17,19)/b6-5+. The van der Waals surface area contributed by atoms with Crippen LogP contribution in [0.4, 0.5) is 5.13 Å². The molecule has 0 aliphatic rings. The predicted molar refractivity (Wildman–Crippen MR) is 79.2 cm³/mol. The van der Waals surface area contributed by atoms with Gasteiger partial charge in [0.25, 0.3) is 0 Å². The summed E-state index contributed by atoms with van der Waals surface area (Å²) in [4.78, 5) is 20.1. The Morgan fingerprint density at radius 1 is 1.45 bits per heavy atom. The van der Waals surface area contributed by atoms with Crippen LogP contribution in [0.15, 0.2) is 24.8 Å². The van der Waals surface area contributed by atoms with E-state index in [9.17, 15) is 4.79 Å². The van der Waals surface area contributed by atoms with Crippen molar-refractivity contribution in [1.29, 1.82) is 0 Å². The molecule has 0 aliphatic carbocycles. The summed E-state index contributed by atoms with van der Waals surface area (Å²) in [6, 6.07) is 0. The molecule has 0 unspecified atom stereocenters. The van der Waals surface area contributed by atoms with E-state index in [4.69, 9.17) is 0 Å². The molecule has 0 atom stereocenters. The maximum atomic E-state index is 11.6. The number of hydrogen-bond donors (Lipinski definition) is 1. The molecule has 1 N–H and O–H groups in total. The number of thiazole rings is 1. The summed E-state index contributed by atoms with van der Waals surface area (Å²) >= 11 is 1.38. The van der Waals surface area contributed by atoms with Gasteiger partial charge in [0.05, 0.1) is 5.69 Å². The molecule has 0 saturated heterocycles. The van der Waals surface area contributed by atoms with E-state index in [1.54, 1.807) is 24.0 Å². The molecule has 0 saturated carbocycles. The minimum absolute atomic E-state index is 0.151. The van der Waals surface area contributed by atoms with E-state index in [1.807, 2.05) is 0 Å². The number of hydrogen-bond acceptors (Lipinski definition) is 5. The Bertz CT molecular complexity index is 622. The van der Waals surface area contributed by atoms with Crippen LogP contribution in [0.5, 0.6) is 0 Å². The fourth-order valence-electron chi connectivity index (χ4n) is 1.62. The molecule has 1 amide bonds. The first kappa shape index (κ1) is 14.4. The van der Waals surface area contributed by atoms with Gasteiger partial charge >= 0.3 is 0 Å². The largest absolute Gasteiger partial charge is 0.298 e. The number of nitrogens with one attached hydrogen (secondary N) is 1. The zero-order valence-corrected chi connectivity index (χ0v) is 12.7. The van der Waals surface area contributed by atoms with E-state index >= 15 is 0 Å². The van der Waals surface area contributed by atoms with Crippen LogP contribution in [0.2, 0.25) is 0 Å². The van der Waals surface area contributed by atoms with Crippen molar-refractivity contribution in [3.05, 3.63) is 30.5 Å². The first-order valence-electron chi connectivity index (χ1n) is 6.22. The number of anilines is 1. The monoisotopic (exact) mass is 291 g/mol. The zero-order valence-electron chi connectivity index (χ0n) is 11.9. The zero-order chi connectivity index (χ0) is 14.8. The summed E-state index contributed by atoms with van der Waals surface area (Å²) in [5.74, 6) is -0.188. The van der Waals surface area contributed by atoms with Crippen LogP contribution in [0, 0.1) is 0 Å². The van der Waals surface area contributed by atoms with Crippen molar-refractivity contribution in [2.75, 3.05) is 5.32 Å². The van der Waals surface area contributed by atoms with Gasteiger partial charge in [0.15, 0.2) is 5.13 Å². The first-order chi connectivity index (χ1) is 9.41. The lowest BCUT2D eigenvalue weighted by molar-refractivity contribution is -0.111. The Labute approximate surface area is 121 Å². The van der Waals surface area contributed by atoms with Crippen molar-refractivity contribution in [3.63, 3.8) is 0 Å². The summed E-state index contributed by atoms with van der Waals surface area (Å²) in [5, 5.41) is 8.32. The minimum atomic E-state index is -0.188. The lowest BCUT2D eigenvalue weighted by Crippen LogP contribution is -2.15. The molecular weight excluding hydrogens is 274 g/mol. The summed E-state index contributed by atoms with van der Waals surface area (Å²) < 4.78 is 1.67. The van der Waals surface area contributed by atoms with Crippen LogP contribution >= 0.6 is 11.3 Å². The molecule has 106 valence electrons. The van der Waals surface area contributed by atoms with Gasteiger partial charge in [-0.25, -0.2) is 14.6 Å². The topological polar surface area (TPSA) is 72.7 Å². The minimum Gasteiger partial charge on any atom is -0.298 e. The highest BCUT2D eigenvalue weighted by atomic mass is 32.1. The third-order valence-electron chi connectivity index (χ3n) is 2.49. The first-order valence-corrected chi connectivity index (χ1v) is 7.03. The van der Waals surface area contributed by atoms with E-state index in [0.29, 0.717) is 5.13 Å². The van der Waals surface area contributed by atoms with Crippen LogP contribution in [0.3, 0.4) is 0 Å². The fraction of sp³-hybridized carbons (Fsp3) is 0.385. The lowest BCUT2D eigenvalue weighted by Gasteiger charge is -2.16. The van der Waals surface area contributed by atoms with Gasteiger partial charge in [-0.2, -0.15) is 5.10 Å². The third kappa shape index (κ3) is 3.11. The molecule has 0 fully saturated rings. The normalized spacial score (nSPS) is 12.0. The van der Waals surface area contributed by atoms with Crippen molar-refractivity contribution in [2.45, 2.75) is 33.1 Å². The Hall–Kier alpha value is -2.02. The quantitative estimate of drug-likeness (QED) is 0.882. The third-order valence-corrected chi connectivity index (χ3v) is 3.46. The Morgan fingerprint density at radius 2 is 2.20 bits per heavy atom. The van der Waals surface area contributed by atoms with Gasteiger partial charge in [0.1, 0.15) is 17.7 Å². The van der Waals surface area contributed by atoms with Crippen LogP contribution in [-0.4, -0.2) is 25.7 Å². The number of carbonyl (C=O) groups excluding carboxylic acids is 1. The van der Waals surface area contributed by atoms with Crippen molar-refractivity contribution in [3.8, 4) is 5.00 Å². The van der Waals surface area contributed by atoms with Gasteiger partial charge in [0, 0.05) is 5.41 Å². The number of rotatable bonds is 3. The van der Waals surface area contributed by atoms with E-state index in [0.717, 1.165) is 10.7 Å². The number of nitrogens with zero attached hydrogens (tertiary/aromatic N) is 4. The van der Waals surface area contributed by atoms with Crippen molar-refractivity contribution in [1.82, 2.24) is 19.7 Å². The van der Waals surface area contributed by atoms with E-state index in [1.165, 1.54) is 23.7 Å². The van der Waals surface area contributed by atoms with Gasteiger partial charge in [-0.3, -0.25) is 10.1 Å². The molecule has 2 heterocycles. The highest BCUT2D eigenvalue weighted by Crippen LogP contribution is 2.34. The molecule has 0 aromatic carbocycles. The number of aromatic nitrogens is 4. The number of amides is 1. The molecule has 20 heavy (non-hydrogen) atoms. The van der Waals surface area contributed by atoms with Crippen LogP contribution in [0.1, 0.15) is 33.4 Å². The molecule has 2 aromatic heterocycles. The summed E-state index contributed by atoms with van der Waals surface area (Å²) in [6.07, 6.45) is 6.25. The second kappa shape index (κ2) is 5.54. The molecular formula is C13H17N5OS. The molecule has 7 heteroatoms. The summed E-state index contributed by atoms with van der Waals surface area (Å²) in [7, 11) is 0. The van der Waals surface area contributed by atoms with Crippen LogP contribution < -0.4 is 5.32 Å². The molecule has 0 spiro atoms. The van der Waals surface area contributed by atoms with Crippen LogP contribution in [0.25, 0.3) is 5.00 Å². The summed E-state index contributed by atoms with van der Waals surface area (Å²) in [6.45, 7) is 8.00. The highest BCUT2D eigenvalue weighted by molar-refractivity contribution is 7.18. The number of allylic oxidation sites excluding steroid dienone is 1. The summed E-state index contributed by atoms with van der Waals surface area (Å²) in [5.41, 5.74) is 0.727. The van der Waals surface area contributed by atoms with Crippen molar-refractivity contribution in [2.24, 2.45) is 0 Å². The van der Waals surface area contributed by atoms with Gasteiger partial charge in [-0.05, 0) is 13.0 Å². The maximum Gasteiger partial charge on any atom is 0.249 e. The average molecular weight is 291 g/mol. The van der Waals surface area contributed by atoms with Gasteiger partial charge in [-0.1, -0.05) is 38.2 Å².